The van der Waals surface area contributed by atoms with Gasteiger partial charge in [0.15, 0.2) is 0 Å². The summed E-state index contributed by atoms with van der Waals surface area (Å²) in [4.78, 5) is 25.3. The van der Waals surface area contributed by atoms with Gasteiger partial charge in [-0.25, -0.2) is 9.82 Å². The van der Waals surface area contributed by atoms with Crippen LogP contribution in [0.2, 0.25) is 0 Å². The molecule has 7 heteroatoms. The number of rotatable bonds is 5. The van der Waals surface area contributed by atoms with Crippen LogP contribution < -0.4 is 15.1 Å². The molecule has 128 valence electrons. The van der Waals surface area contributed by atoms with Gasteiger partial charge < -0.3 is 9.64 Å². The summed E-state index contributed by atoms with van der Waals surface area (Å²) >= 11 is 0. The number of hydrogen-bond acceptors (Lipinski definition) is 4. The largest absolute Gasteiger partial charge is 0.497 e. The zero-order valence-corrected chi connectivity index (χ0v) is 13.5. The van der Waals surface area contributed by atoms with Crippen molar-refractivity contribution in [1.82, 2.24) is 5.43 Å². The number of amides is 2. The lowest BCUT2D eigenvalue weighted by molar-refractivity contribution is -0.123. The van der Waals surface area contributed by atoms with Gasteiger partial charge in [0, 0.05) is 5.69 Å². The third kappa shape index (κ3) is 3.82. The van der Waals surface area contributed by atoms with Gasteiger partial charge in [-0.15, -0.1) is 0 Å². The average Bonchev–Trinajstić information content (AvgIpc) is 2.90. The van der Waals surface area contributed by atoms with Gasteiger partial charge in [-0.05, 0) is 53.6 Å². The maximum Gasteiger partial charge on any atom is 0.260 e. The molecule has 1 aliphatic heterocycles. The Labute approximate surface area is 143 Å². The molecule has 0 aliphatic carbocycles. The topological polar surface area (TPSA) is 71.0 Å². The quantitative estimate of drug-likeness (QED) is 0.667. The van der Waals surface area contributed by atoms with E-state index in [1.165, 1.54) is 29.3 Å². The molecular formula is C18H16FN3O3. The highest BCUT2D eigenvalue weighted by atomic mass is 19.1. The number of carbonyl (C=O) groups excluding carboxylic acids is 2. The fourth-order valence-electron chi connectivity index (χ4n) is 2.57. The fraction of sp³-hybridized carbons (Fsp3) is 0.167. The molecule has 1 aliphatic rings. The molecule has 6 nitrogen and oxygen atoms in total. The minimum Gasteiger partial charge on any atom is -0.497 e. The number of benzene rings is 2. The Bertz CT molecular complexity index is 834. The number of ether oxygens (including phenoxy) is 1. The van der Waals surface area contributed by atoms with Crippen molar-refractivity contribution in [2.75, 3.05) is 18.6 Å². The molecule has 0 fully saturated rings. The van der Waals surface area contributed by atoms with Crippen LogP contribution in [0.3, 0.4) is 0 Å². The first-order valence-electron chi connectivity index (χ1n) is 7.61. The summed E-state index contributed by atoms with van der Waals surface area (Å²) in [5.74, 6) is -0.351. The Morgan fingerprint density at radius 3 is 2.80 bits per heavy atom. The number of anilines is 1. The van der Waals surface area contributed by atoms with E-state index in [4.69, 9.17) is 4.74 Å². The molecule has 1 heterocycles. The molecule has 2 aromatic rings. The molecule has 25 heavy (non-hydrogen) atoms. The van der Waals surface area contributed by atoms with Crippen molar-refractivity contribution in [3.63, 3.8) is 0 Å². The highest BCUT2D eigenvalue weighted by molar-refractivity contribution is 6.05. The predicted molar refractivity (Wildman–Crippen MR) is 91.2 cm³/mol. The molecule has 3 rings (SSSR count). The van der Waals surface area contributed by atoms with Gasteiger partial charge in [0.2, 0.25) is 5.91 Å². The molecule has 1 N–H and O–H groups in total. The van der Waals surface area contributed by atoms with Crippen molar-refractivity contribution >= 4 is 23.7 Å². The third-order valence-electron chi connectivity index (χ3n) is 3.80. The van der Waals surface area contributed by atoms with Crippen LogP contribution in [0, 0.1) is 5.82 Å². The molecule has 0 atom stereocenters. The van der Waals surface area contributed by atoms with E-state index >= 15 is 0 Å². The standard InChI is InChI=1S/C18H16FN3O3/c1-25-15-5-2-12(3-6-15)10-20-21-17(23)11-22-16-7-4-14(19)8-13(16)9-18(22)24/h2-8,10H,9,11H2,1H3,(H,21,23)/b20-10+. The first-order valence-corrected chi connectivity index (χ1v) is 7.61. The summed E-state index contributed by atoms with van der Waals surface area (Å²) in [6, 6.07) is 11.2. The van der Waals surface area contributed by atoms with Crippen LogP contribution in [0.5, 0.6) is 5.75 Å². The van der Waals surface area contributed by atoms with Crippen molar-refractivity contribution in [2.24, 2.45) is 5.10 Å². The number of nitrogens with zero attached hydrogens (tertiary/aromatic N) is 2. The van der Waals surface area contributed by atoms with E-state index in [0.717, 1.165) is 11.3 Å². The van der Waals surface area contributed by atoms with Crippen molar-refractivity contribution in [2.45, 2.75) is 6.42 Å². The summed E-state index contributed by atoms with van der Waals surface area (Å²) in [6.45, 7) is -0.169. The lowest BCUT2D eigenvalue weighted by Gasteiger charge is -2.15. The number of hydrazone groups is 1. The van der Waals surface area contributed by atoms with E-state index in [9.17, 15) is 14.0 Å². The van der Waals surface area contributed by atoms with Crippen LogP contribution in [-0.4, -0.2) is 31.7 Å². The van der Waals surface area contributed by atoms with Crippen LogP contribution in [0.1, 0.15) is 11.1 Å². The van der Waals surface area contributed by atoms with Crippen LogP contribution in [-0.2, 0) is 16.0 Å². The van der Waals surface area contributed by atoms with Crippen molar-refractivity contribution in [3.8, 4) is 5.75 Å². The average molecular weight is 341 g/mol. The van der Waals surface area contributed by atoms with E-state index < -0.39 is 11.7 Å². The molecule has 0 spiro atoms. The molecule has 0 saturated carbocycles. The fourth-order valence-corrected chi connectivity index (χ4v) is 2.57. The second kappa shape index (κ2) is 7.12. The second-order valence-electron chi connectivity index (χ2n) is 5.50. The van der Waals surface area contributed by atoms with Crippen molar-refractivity contribution in [1.29, 1.82) is 0 Å². The SMILES string of the molecule is COc1ccc(/C=N/NC(=O)CN2C(=O)Cc3cc(F)ccc32)cc1. The Balaban J connectivity index is 1.59. The number of nitrogens with one attached hydrogen (secondary N) is 1. The monoisotopic (exact) mass is 341 g/mol. The molecule has 0 bridgehead atoms. The molecule has 2 aromatic carbocycles. The van der Waals surface area contributed by atoms with Crippen molar-refractivity contribution in [3.05, 3.63) is 59.4 Å². The van der Waals surface area contributed by atoms with Gasteiger partial charge in [-0.3, -0.25) is 9.59 Å². The van der Waals surface area contributed by atoms with Gasteiger partial charge in [0.05, 0.1) is 19.7 Å². The van der Waals surface area contributed by atoms with Crippen LogP contribution >= 0.6 is 0 Å². The van der Waals surface area contributed by atoms with Gasteiger partial charge in [0.1, 0.15) is 18.1 Å². The van der Waals surface area contributed by atoms with Gasteiger partial charge in [0.25, 0.3) is 5.91 Å². The zero-order valence-electron chi connectivity index (χ0n) is 13.5. The summed E-state index contributed by atoms with van der Waals surface area (Å²) < 4.78 is 18.3. The van der Waals surface area contributed by atoms with Gasteiger partial charge >= 0.3 is 0 Å². The van der Waals surface area contributed by atoms with Crippen LogP contribution in [0.25, 0.3) is 0 Å². The van der Waals surface area contributed by atoms with E-state index in [1.807, 2.05) is 0 Å². The molecular weight excluding hydrogens is 325 g/mol. The Morgan fingerprint density at radius 2 is 2.08 bits per heavy atom. The molecule has 0 aromatic heterocycles. The summed E-state index contributed by atoms with van der Waals surface area (Å²) in [7, 11) is 1.58. The summed E-state index contributed by atoms with van der Waals surface area (Å²) in [5, 5.41) is 3.87. The number of hydrogen-bond donors (Lipinski definition) is 1. The van der Waals surface area contributed by atoms with Crippen LogP contribution in [0.4, 0.5) is 10.1 Å². The maximum absolute atomic E-state index is 13.2. The first-order chi connectivity index (χ1) is 12.1. The van der Waals surface area contributed by atoms with Gasteiger partial charge in [-0.1, -0.05) is 0 Å². The van der Waals surface area contributed by atoms with E-state index in [2.05, 4.69) is 10.5 Å². The number of methoxy groups -OCH3 is 1. The number of carbonyl (C=O) groups is 2. The molecule has 0 saturated heterocycles. The number of halogens is 1. The Hall–Kier alpha value is -3.22. The second-order valence-corrected chi connectivity index (χ2v) is 5.50. The highest BCUT2D eigenvalue weighted by Crippen LogP contribution is 2.28. The first kappa shape index (κ1) is 16.6. The van der Waals surface area contributed by atoms with Crippen molar-refractivity contribution < 1.29 is 18.7 Å². The zero-order chi connectivity index (χ0) is 17.8. The highest BCUT2D eigenvalue weighted by Gasteiger charge is 2.28. The molecule has 2 amide bonds. The Morgan fingerprint density at radius 1 is 1.32 bits per heavy atom. The summed E-state index contributed by atoms with van der Waals surface area (Å²) in [5.41, 5.74) is 4.31. The van der Waals surface area contributed by atoms with E-state index in [-0.39, 0.29) is 18.9 Å². The molecule has 0 radical (unpaired) electrons. The molecule has 0 unspecified atom stereocenters. The minimum atomic E-state index is -0.435. The van der Waals surface area contributed by atoms with Crippen LogP contribution in [0.15, 0.2) is 47.6 Å². The third-order valence-corrected chi connectivity index (χ3v) is 3.80. The van der Waals surface area contributed by atoms with E-state index in [1.54, 1.807) is 31.4 Å². The van der Waals surface area contributed by atoms with E-state index in [0.29, 0.717) is 11.3 Å². The summed E-state index contributed by atoms with van der Waals surface area (Å²) in [6.07, 6.45) is 1.59. The number of fused-ring (bicyclic) bond motifs is 1. The lowest BCUT2D eigenvalue weighted by atomic mass is 10.1. The maximum atomic E-state index is 13.2. The smallest absolute Gasteiger partial charge is 0.260 e. The minimum absolute atomic E-state index is 0.0927. The Kier molecular flexibility index (Phi) is 4.74. The predicted octanol–water partition coefficient (Wildman–Crippen LogP) is 1.87. The normalized spacial score (nSPS) is 13.2. The lowest BCUT2D eigenvalue weighted by Crippen LogP contribution is -2.37. The van der Waals surface area contributed by atoms with Gasteiger partial charge in [-0.2, -0.15) is 5.10 Å².